The van der Waals surface area contributed by atoms with E-state index in [1.165, 1.54) is 0 Å². The second-order valence-corrected chi connectivity index (χ2v) is 4.00. The Balaban J connectivity index is 2.22. The fourth-order valence-electron chi connectivity index (χ4n) is 1.30. The quantitative estimate of drug-likeness (QED) is 0.899. The largest absolute Gasteiger partial charge is 0.324 e. The van der Waals surface area contributed by atoms with Crippen LogP contribution in [-0.2, 0) is 13.1 Å². The summed E-state index contributed by atoms with van der Waals surface area (Å²) in [5.74, 6) is 0.690. The van der Waals surface area contributed by atoms with E-state index in [0.717, 1.165) is 10.0 Å². The third kappa shape index (κ3) is 2.40. The number of halogens is 1. The Bertz CT molecular complexity index is 453. The molecule has 1 heterocycles. The van der Waals surface area contributed by atoms with Crippen LogP contribution in [0.25, 0.3) is 0 Å². The molecule has 0 bridgehead atoms. The van der Waals surface area contributed by atoms with E-state index in [9.17, 15) is 0 Å². The normalized spacial score (nSPS) is 10.5. The third-order valence-electron chi connectivity index (χ3n) is 2.01. The average molecular weight is 268 g/mol. The van der Waals surface area contributed by atoms with Gasteiger partial charge in [-0.1, -0.05) is 28.1 Å². The molecule has 0 fully saturated rings. The van der Waals surface area contributed by atoms with Gasteiger partial charge < -0.3 is 5.73 Å². The van der Waals surface area contributed by atoms with Gasteiger partial charge in [0.2, 0.25) is 0 Å². The van der Waals surface area contributed by atoms with Crippen LogP contribution in [0.3, 0.4) is 0 Å². The fraction of sp³-hybridized carbons (Fsp3) is 0.222. The number of hydrogen-bond acceptors (Lipinski definition) is 4. The first-order chi connectivity index (χ1) is 7.29. The van der Waals surface area contributed by atoms with E-state index in [0.29, 0.717) is 18.9 Å². The van der Waals surface area contributed by atoms with Gasteiger partial charge in [0.1, 0.15) is 0 Å². The van der Waals surface area contributed by atoms with E-state index in [1.54, 1.807) is 4.68 Å². The molecular formula is C9H10BrN5. The zero-order valence-electron chi connectivity index (χ0n) is 7.97. The lowest BCUT2D eigenvalue weighted by atomic mass is 10.2. The van der Waals surface area contributed by atoms with Crippen molar-refractivity contribution >= 4 is 15.9 Å². The molecule has 5 nitrogen and oxygen atoms in total. The molecule has 0 unspecified atom stereocenters. The van der Waals surface area contributed by atoms with Gasteiger partial charge in [-0.2, -0.15) is 0 Å². The van der Waals surface area contributed by atoms with Crippen LogP contribution in [0, 0.1) is 0 Å². The maximum absolute atomic E-state index is 5.51. The Hall–Kier alpha value is -1.27. The maximum atomic E-state index is 5.51. The van der Waals surface area contributed by atoms with Crippen molar-refractivity contribution in [1.29, 1.82) is 0 Å². The molecule has 0 aliphatic heterocycles. The standard InChI is InChI=1S/C9H10BrN5/c10-8-3-1-2-7(4-8)6-15-9(5-11)12-13-14-15/h1-4H,5-6,11H2. The van der Waals surface area contributed by atoms with Crippen molar-refractivity contribution in [2.24, 2.45) is 5.73 Å². The molecular weight excluding hydrogens is 258 g/mol. The van der Waals surface area contributed by atoms with Gasteiger partial charge in [-0.05, 0) is 28.1 Å². The van der Waals surface area contributed by atoms with Gasteiger partial charge in [0, 0.05) is 4.47 Å². The molecule has 0 spiro atoms. The van der Waals surface area contributed by atoms with Gasteiger partial charge in [-0.15, -0.1) is 5.10 Å². The number of benzene rings is 1. The van der Waals surface area contributed by atoms with E-state index in [1.807, 2.05) is 24.3 Å². The Morgan fingerprint density at radius 1 is 1.40 bits per heavy atom. The van der Waals surface area contributed by atoms with E-state index in [2.05, 4.69) is 31.5 Å². The zero-order valence-corrected chi connectivity index (χ0v) is 9.55. The summed E-state index contributed by atoms with van der Waals surface area (Å²) in [5.41, 5.74) is 6.64. The Morgan fingerprint density at radius 2 is 2.27 bits per heavy atom. The summed E-state index contributed by atoms with van der Waals surface area (Å²) in [6.07, 6.45) is 0. The third-order valence-corrected chi connectivity index (χ3v) is 2.50. The lowest BCUT2D eigenvalue weighted by molar-refractivity contribution is 0.619. The number of nitrogens with zero attached hydrogens (tertiary/aromatic N) is 4. The van der Waals surface area contributed by atoms with Crippen LogP contribution < -0.4 is 5.73 Å². The highest BCUT2D eigenvalue weighted by atomic mass is 79.9. The van der Waals surface area contributed by atoms with E-state index < -0.39 is 0 Å². The second-order valence-electron chi connectivity index (χ2n) is 3.09. The average Bonchev–Trinajstić information content (AvgIpc) is 2.65. The predicted molar refractivity (Wildman–Crippen MR) is 59.0 cm³/mol. The molecule has 78 valence electrons. The van der Waals surface area contributed by atoms with Crippen molar-refractivity contribution in [3.05, 3.63) is 40.1 Å². The maximum Gasteiger partial charge on any atom is 0.165 e. The number of rotatable bonds is 3. The highest BCUT2D eigenvalue weighted by Gasteiger charge is 2.04. The van der Waals surface area contributed by atoms with Crippen LogP contribution in [0.15, 0.2) is 28.7 Å². The predicted octanol–water partition coefficient (Wildman–Crippen LogP) is 0.943. The minimum absolute atomic E-state index is 0.348. The van der Waals surface area contributed by atoms with Crippen LogP contribution in [0.2, 0.25) is 0 Å². The van der Waals surface area contributed by atoms with Gasteiger partial charge in [0.15, 0.2) is 5.82 Å². The van der Waals surface area contributed by atoms with Gasteiger partial charge in [-0.3, -0.25) is 0 Å². The van der Waals surface area contributed by atoms with Crippen LogP contribution in [-0.4, -0.2) is 20.2 Å². The smallest absolute Gasteiger partial charge is 0.165 e. The monoisotopic (exact) mass is 267 g/mol. The molecule has 0 aliphatic rings. The Labute approximate surface area is 95.4 Å². The highest BCUT2D eigenvalue weighted by Crippen LogP contribution is 2.12. The van der Waals surface area contributed by atoms with Crippen molar-refractivity contribution < 1.29 is 0 Å². The minimum Gasteiger partial charge on any atom is -0.324 e. The lowest BCUT2D eigenvalue weighted by Gasteiger charge is -2.03. The first kappa shape index (κ1) is 10.3. The molecule has 0 atom stereocenters. The van der Waals surface area contributed by atoms with Crippen LogP contribution in [0.4, 0.5) is 0 Å². The molecule has 0 saturated heterocycles. The first-order valence-corrected chi connectivity index (χ1v) is 5.28. The first-order valence-electron chi connectivity index (χ1n) is 4.49. The summed E-state index contributed by atoms with van der Waals surface area (Å²) in [7, 11) is 0. The molecule has 0 amide bonds. The number of aromatic nitrogens is 4. The Morgan fingerprint density at radius 3 is 3.00 bits per heavy atom. The molecule has 1 aromatic carbocycles. The number of nitrogens with two attached hydrogens (primary N) is 1. The summed E-state index contributed by atoms with van der Waals surface area (Å²) in [6, 6.07) is 8.01. The van der Waals surface area contributed by atoms with Crippen molar-refractivity contribution in [2.75, 3.05) is 0 Å². The summed E-state index contributed by atoms with van der Waals surface area (Å²) in [6.45, 7) is 0.986. The highest BCUT2D eigenvalue weighted by molar-refractivity contribution is 9.10. The van der Waals surface area contributed by atoms with Crippen LogP contribution >= 0.6 is 15.9 Å². The molecule has 15 heavy (non-hydrogen) atoms. The van der Waals surface area contributed by atoms with Crippen molar-refractivity contribution in [3.8, 4) is 0 Å². The van der Waals surface area contributed by atoms with Crippen molar-refractivity contribution in [1.82, 2.24) is 20.2 Å². The summed E-state index contributed by atoms with van der Waals surface area (Å²) in [4.78, 5) is 0. The van der Waals surface area contributed by atoms with Gasteiger partial charge in [0.25, 0.3) is 0 Å². The molecule has 0 aliphatic carbocycles. The van der Waals surface area contributed by atoms with Gasteiger partial charge in [0.05, 0.1) is 13.1 Å². The lowest BCUT2D eigenvalue weighted by Crippen LogP contribution is -2.10. The zero-order chi connectivity index (χ0) is 10.7. The van der Waals surface area contributed by atoms with Crippen LogP contribution in [0.5, 0.6) is 0 Å². The van der Waals surface area contributed by atoms with E-state index >= 15 is 0 Å². The summed E-state index contributed by atoms with van der Waals surface area (Å²) >= 11 is 3.42. The number of hydrogen-bond donors (Lipinski definition) is 1. The van der Waals surface area contributed by atoms with E-state index in [4.69, 9.17) is 5.73 Å². The molecule has 2 rings (SSSR count). The molecule has 0 saturated carbocycles. The van der Waals surface area contributed by atoms with Crippen molar-refractivity contribution in [2.45, 2.75) is 13.1 Å². The summed E-state index contributed by atoms with van der Waals surface area (Å²) in [5, 5.41) is 11.3. The fourth-order valence-corrected chi connectivity index (χ4v) is 1.75. The minimum atomic E-state index is 0.348. The second kappa shape index (κ2) is 4.50. The molecule has 2 N–H and O–H groups in total. The Kier molecular flexibility index (Phi) is 3.08. The molecule has 1 aromatic heterocycles. The van der Waals surface area contributed by atoms with Crippen LogP contribution in [0.1, 0.15) is 11.4 Å². The van der Waals surface area contributed by atoms with Gasteiger partial charge >= 0.3 is 0 Å². The topological polar surface area (TPSA) is 69.6 Å². The summed E-state index contributed by atoms with van der Waals surface area (Å²) < 4.78 is 2.74. The molecule has 6 heteroatoms. The van der Waals surface area contributed by atoms with E-state index in [-0.39, 0.29) is 0 Å². The van der Waals surface area contributed by atoms with Gasteiger partial charge in [-0.25, -0.2) is 4.68 Å². The van der Waals surface area contributed by atoms with Crippen molar-refractivity contribution in [3.63, 3.8) is 0 Å². The number of tetrazole rings is 1. The molecule has 2 aromatic rings. The molecule has 0 radical (unpaired) electrons. The SMILES string of the molecule is NCc1nnnn1Cc1cccc(Br)c1.